The minimum absolute atomic E-state index is 0.309. The van der Waals surface area contributed by atoms with Gasteiger partial charge in [0.25, 0.3) is 5.91 Å². The van der Waals surface area contributed by atoms with Crippen LogP contribution in [0.5, 0.6) is 0 Å². The van der Waals surface area contributed by atoms with Crippen LogP contribution >= 0.6 is 0 Å². The predicted molar refractivity (Wildman–Crippen MR) is 89.0 cm³/mol. The topological polar surface area (TPSA) is 32.3 Å². The Morgan fingerprint density at radius 2 is 1.91 bits per heavy atom. The van der Waals surface area contributed by atoms with Gasteiger partial charge in [-0.3, -0.25) is 4.79 Å². The number of carbonyl (C=O) groups is 1. The zero-order valence-corrected chi connectivity index (χ0v) is 13.0. The summed E-state index contributed by atoms with van der Waals surface area (Å²) in [6.07, 6.45) is 2.31. The molecule has 0 heterocycles. The van der Waals surface area contributed by atoms with Crippen LogP contribution < -0.4 is 10.2 Å². The Morgan fingerprint density at radius 1 is 1.18 bits per heavy atom. The first-order valence-electron chi connectivity index (χ1n) is 7.48. The van der Waals surface area contributed by atoms with Gasteiger partial charge in [-0.05, 0) is 48.9 Å². The molecule has 2 aromatic rings. The average molecular weight is 300 g/mol. The number of halogens is 1. The van der Waals surface area contributed by atoms with Crippen molar-refractivity contribution in [1.29, 1.82) is 0 Å². The Bertz CT molecular complexity index is 625. The Morgan fingerprint density at radius 3 is 2.55 bits per heavy atom. The quantitative estimate of drug-likeness (QED) is 0.862. The number of amides is 1. The lowest BCUT2D eigenvalue weighted by molar-refractivity contribution is 0.102. The maximum absolute atomic E-state index is 13.1. The first-order chi connectivity index (χ1) is 10.6. The summed E-state index contributed by atoms with van der Waals surface area (Å²) in [6, 6.07) is 13.3. The molecule has 2 aromatic carbocycles. The highest BCUT2D eigenvalue weighted by molar-refractivity contribution is 6.04. The van der Waals surface area contributed by atoms with Gasteiger partial charge < -0.3 is 10.2 Å². The standard InChI is InChI=1S/C18H21FN2O/c1-3-4-12-21(2)17-10-8-16(9-11-17)20-18(22)14-6-5-7-15(19)13-14/h5-11,13H,3-4,12H2,1-2H3,(H,20,22). The van der Waals surface area contributed by atoms with E-state index in [-0.39, 0.29) is 5.91 Å². The van der Waals surface area contributed by atoms with Crippen molar-refractivity contribution >= 4 is 17.3 Å². The molecule has 3 nitrogen and oxygen atoms in total. The van der Waals surface area contributed by atoms with E-state index in [4.69, 9.17) is 0 Å². The zero-order chi connectivity index (χ0) is 15.9. The molecule has 0 aliphatic carbocycles. The second-order valence-electron chi connectivity index (χ2n) is 5.29. The molecular weight excluding hydrogens is 279 g/mol. The molecular formula is C18H21FN2O. The van der Waals surface area contributed by atoms with E-state index in [0.717, 1.165) is 25.1 Å². The number of nitrogens with zero attached hydrogens (tertiary/aromatic N) is 1. The van der Waals surface area contributed by atoms with Crippen molar-refractivity contribution in [2.75, 3.05) is 23.8 Å². The van der Waals surface area contributed by atoms with Crippen molar-refractivity contribution in [3.63, 3.8) is 0 Å². The predicted octanol–water partition coefficient (Wildman–Crippen LogP) is 4.31. The average Bonchev–Trinajstić information content (AvgIpc) is 2.53. The van der Waals surface area contributed by atoms with Crippen molar-refractivity contribution < 1.29 is 9.18 Å². The van der Waals surface area contributed by atoms with Gasteiger partial charge in [-0.25, -0.2) is 4.39 Å². The lowest BCUT2D eigenvalue weighted by Crippen LogP contribution is -2.18. The number of unbranched alkanes of at least 4 members (excludes halogenated alkanes) is 1. The zero-order valence-electron chi connectivity index (χ0n) is 13.0. The molecule has 4 heteroatoms. The normalized spacial score (nSPS) is 10.3. The van der Waals surface area contributed by atoms with E-state index >= 15 is 0 Å². The lowest BCUT2D eigenvalue weighted by Gasteiger charge is -2.19. The largest absolute Gasteiger partial charge is 0.375 e. The van der Waals surface area contributed by atoms with Crippen LogP contribution in [0, 0.1) is 5.82 Å². The fraction of sp³-hybridized carbons (Fsp3) is 0.278. The van der Waals surface area contributed by atoms with E-state index in [1.807, 2.05) is 24.3 Å². The molecule has 0 aromatic heterocycles. The number of benzene rings is 2. The van der Waals surface area contributed by atoms with Gasteiger partial charge in [0.05, 0.1) is 0 Å². The Hall–Kier alpha value is -2.36. The fourth-order valence-corrected chi connectivity index (χ4v) is 2.16. The second kappa shape index (κ2) is 7.59. The van der Waals surface area contributed by atoms with E-state index in [9.17, 15) is 9.18 Å². The molecule has 0 saturated carbocycles. The van der Waals surface area contributed by atoms with E-state index < -0.39 is 5.82 Å². The van der Waals surface area contributed by atoms with Crippen LogP contribution in [0.3, 0.4) is 0 Å². The third kappa shape index (κ3) is 4.32. The molecule has 0 aliphatic rings. The van der Waals surface area contributed by atoms with Crippen LogP contribution in [0.4, 0.5) is 15.8 Å². The summed E-state index contributed by atoms with van der Waals surface area (Å²) < 4.78 is 13.1. The summed E-state index contributed by atoms with van der Waals surface area (Å²) in [5.41, 5.74) is 2.11. The van der Waals surface area contributed by atoms with Crippen molar-refractivity contribution in [3.8, 4) is 0 Å². The van der Waals surface area contributed by atoms with E-state index in [1.165, 1.54) is 18.2 Å². The van der Waals surface area contributed by atoms with Gasteiger partial charge >= 0.3 is 0 Å². The molecule has 0 spiro atoms. The number of nitrogens with one attached hydrogen (secondary N) is 1. The molecule has 1 amide bonds. The summed E-state index contributed by atoms with van der Waals surface area (Å²) in [5, 5.41) is 2.77. The summed E-state index contributed by atoms with van der Waals surface area (Å²) in [4.78, 5) is 14.2. The molecule has 1 N–H and O–H groups in total. The third-order valence-electron chi connectivity index (χ3n) is 3.50. The summed E-state index contributed by atoms with van der Waals surface area (Å²) in [6.45, 7) is 3.17. The summed E-state index contributed by atoms with van der Waals surface area (Å²) >= 11 is 0. The molecule has 0 unspecified atom stereocenters. The van der Waals surface area contributed by atoms with Crippen LogP contribution in [0.15, 0.2) is 48.5 Å². The van der Waals surface area contributed by atoms with Gasteiger partial charge in [-0.1, -0.05) is 19.4 Å². The molecule has 0 atom stereocenters. The summed E-state index contributed by atoms with van der Waals surface area (Å²) in [5.74, 6) is -0.730. The minimum Gasteiger partial charge on any atom is -0.375 e. The van der Waals surface area contributed by atoms with E-state index in [0.29, 0.717) is 11.3 Å². The number of carbonyl (C=O) groups excluding carboxylic acids is 1. The molecule has 2 rings (SSSR count). The molecule has 22 heavy (non-hydrogen) atoms. The van der Waals surface area contributed by atoms with Gasteiger partial charge in [0.1, 0.15) is 5.82 Å². The van der Waals surface area contributed by atoms with Crippen LogP contribution in [-0.4, -0.2) is 19.5 Å². The summed E-state index contributed by atoms with van der Waals surface area (Å²) in [7, 11) is 2.05. The lowest BCUT2D eigenvalue weighted by atomic mass is 10.2. The monoisotopic (exact) mass is 300 g/mol. The van der Waals surface area contributed by atoms with Crippen LogP contribution in [0.2, 0.25) is 0 Å². The van der Waals surface area contributed by atoms with Crippen molar-refractivity contribution in [2.45, 2.75) is 19.8 Å². The van der Waals surface area contributed by atoms with Gasteiger partial charge in [-0.15, -0.1) is 0 Å². The third-order valence-corrected chi connectivity index (χ3v) is 3.50. The number of anilines is 2. The molecule has 0 aliphatic heterocycles. The van der Waals surface area contributed by atoms with Crippen molar-refractivity contribution in [3.05, 3.63) is 59.9 Å². The highest BCUT2D eigenvalue weighted by Gasteiger charge is 2.07. The van der Waals surface area contributed by atoms with Crippen molar-refractivity contribution in [2.24, 2.45) is 0 Å². The Labute approximate surface area is 130 Å². The first kappa shape index (κ1) is 16.0. The van der Waals surface area contributed by atoms with Gasteiger partial charge in [0.15, 0.2) is 0 Å². The first-order valence-corrected chi connectivity index (χ1v) is 7.48. The molecule has 0 radical (unpaired) electrons. The Balaban J connectivity index is 2.00. The smallest absolute Gasteiger partial charge is 0.255 e. The molecule has 0 bridgehead atoms. The maximum Gasteiger partial charge on any atom is 0.255 e. The van der Waals surface area contributed by atoms with Gasteiger partial charge in [0.2, 0.25) is 0 Å². The SMILES string of the molecule is CCCCN(C)c1ccc(NC(=O)c2cccc(F)c2)cc1. The van der Waals surface area contributed by atoms with Crippen molar-refractivity contribution in [1.82, 2.24) is 0 Å². The number of hydrogen-bond donors (Lipinski definition) is 1. The fourth-order valence-electron chi connectivity index (χ4n) is 2.16. The highest BCUT2D eigenvalue weighted by Crippen LogP contribution is 2.18. The van der Waals surface area contributed by atoms with E-state index in [1.54, 1.807) is 6.07 Å². The van der Waals surface area contributed by atoms with Gasteiger partial charge in [-0.2, -0.15) is 0 Å². The van der Waals surface area contributed by atoms with E-state index in [2.05, 4.69) is 24.2 Å². The van der Waals surface area contributed by atoms with Crippen LogP contribution in [0.1, 0.15) is 30.1 Å². The van der Waals surface area contributed by atoms with Gasteiger partial charge in [0, 0.05) is 30.5 Å². The maximum atomic E-state index is 13.1. The molecule has 0 saturated heterocycles. The minimum atomic E-state index is -0.416. The molecule has 0 fully saturated rings. The van der Waals surface area contributed by atoms with Crippen LogP contribution in [-0.2, 0) is 0 Å². The second-order valence-corrected chi connectivity index (χ2v) is 5.29. The molecule has 116 valence electrons. The number of rotatable bonds is 6. The Kier molecular flexibility index (Phi) is 5.53. The highest BCUT2D eigenvalue weighted by atomic mass is 19.1. The van der Waals surface area contributed by atoms with Crippen LogP contribution in [0.25, 0.3) is 0 Å². The number of hydrogen-bond acceptors (Lipinski definition) is 2.